The van der Waals surface area contributed by atoms with Crippen molar-refractivity contribution in [2.45, 2.75) is 6.54 Å². The summed E-state index contributed by atoms with van der Waals surface area (Å²) < 4.78 is 0. The SMILES string of the molecule is N#C/C(=C/NCc1cccc(Cl)c1)C(=O)NCC(=O)O. The Kier molecular flexibility index (Phi) is 6.07. The van der Waals surface area contributed by atoms with Crippen LogP contribution in [0.5, 0.6) is 0 Å². The van der Waals surface area contributed by atoms with Crippen LogP contribution in [0.1, 0.15) is 5.56 Å². The fourth-order valence-electron chi connectivity index (χ4n) is 1.32. The van der Waals surface area contributed by atoms with Crippen LogP contribution in [0.3, 0.4) is 0 Å². The molecule has 20 heavy (non-hydrogen) atoms. The van der Waals surface area contributed by atoms with Crippen LogP contribution in [0.2, 0.25) is 5.02 Å². The number of carbonyl (C=O) groups is 2. The third-order valence-electron chi connectivity index (χ3n) is 2.21. The molecule has 0 spiro atoms. The summed E-state index contributed by atoms with van der Waals surface area (Å²) in [5.41, 5.74) is 0.685. The molecule has 0 bridgehead atoms. The smallest absolute Gasteiger partial charge is 0.322 e. The highest BCUT2D eigenvalue weighted by atomic mass is 35.5. The number of rotatable bonds is 6. The Morgan fingerprint density at radius 2 is 2.20 bits per heavy atom. The van der Waals surface area contributed by atoms with E-state index in [9.17, 15) is 9.59 Å². The number of carboxylic acids is 1. The van der Waals surface area contributed by atoms with Crippen molar-refractivity contribution < 1.29 is 14.7 Å². The lowest BCUT2D eigenvalue weighted by atomic mass is 10.2. The maximum absolute atomic E-state index is 11.4. The molecule has 0 aliphatic carbocycles. The first kappa shape index (κ1) is 15.5. The Balaban J connectivity index is 2.56. The molecule has 7 heteroatoms. The van der Waals surface area contributed by atoms with Crippen LogP contribution in [0.15, 0.2) is 36.0 Å². The topological polar surface area (TPSA) is 102 Å². The van der Waals surface area contributed by atoms with Crippen molar-refractivity contribution in [2.75, 3.05) is 6.54 Å². The molecular formula is C13H12ClN3O3. The second kappa shape index (κ2) is 7.81. The number of carboxylic acid groups (broad SMARTS) is 1. The number of benzene rings is 1. The predicted octanol–water partition coefficient (Wildman–Crippen LogP) is 1.04. The second-order valence-corrected chi connectivity index (χ2v) is 4.19. The summed E-state index contributed by atoms with van der Waals surface area (Å²) in [6.45, 7) is -0.149. The Morgan fingerprint density at radius 1 is 1.45 bits per heavy atom. The number of carbonyl (C=O) groups excluding carboxylic acids is 1. The first-order valence-electron chi connectivity index (χ1n) is 5.61. The molecular weight excluding hydrogens is 282 g/mol. The highest BCUT2D eigenvalue weighted by molar-refractivity contribution is 6.30. The van der Waals surface area contributed by atoms with E-state index in [0.717, 1.165) is 5.56 Å². The molecule has 0 fully saturated rings. The summed E-state index contributed by atoms with van der Waals surface area (Å²) in [7, 11) is 0. The number of hydrogen-bond donors (Lipinski definition) is 3. The van der Waals surface area contributed by atoms with Gasteiger partial charge < -0.3 is 15.7 Å². The quantitative estimate of drug-likeness (QED) is 0.537. The van der Waals surface area contributed by atoms with Crippen molar-refractivity contribution in [3.63, 3.8) is 0 Å². The third-order valence-corrected chi connectivity index (χ3v) is 2.44. The zero-order valence-corrected chi connectivity index (χ0v) is 11.1. The summed E-state index contributed by atoms with van der Waals surface area (Å²) in [4.78, 5) is 21.7. The monoisotopic (exact) mass is 293 g/mol. The van der Waals surface area contributed by atoms with Gasteiger partial charge in [0.1, 0.15) is 18.2 Å². The van der Waals surface area contributed by atoms with E-state index in [1.165, 1.54) is 6.20 Å². The Labute approximate surface area is 120 Å². The molecule has 1 amide bonds. The number of aliphatic carboxylic acids is 1. The molecule has 0 saturated heterocycles. The molecule has 0 atom stereocenters. The van der Waals surface area contributed by atoms with Crippen LogP contribution >= 0.6 is 11.6 Å². The van der Waals surface area contributed by atoms with Crippen LogP contribution in [-0.4, -0.2) is 23.5 Å². The van der Waals surface area contributed by atoms with Crippen molar-refractivity contribution in [3.05, 3.63) is 46.6 Å². The first-order chi connectivity index (χ1) is 9.52. The summed E-state index contributed by atoms with van der Waals surface area (Å²) in [5.74, 6) is -1.92. The Morgan fingerprint density at radius 3 is 2.80 bits per heavy atom. The minimum absolute atomic E-state index is 0.201. The summed E-state index contributed by atoms with van der Waals surface area (Å²) >= 11 is 5.82. The van der Waals surface area contributed by atoms with E-state index >= 15 is 0 Å². The molecule has 6 nitrogen and oxygen atoms in total. The molecule has 1 aromatic rings. The van der Waals surface area contributed by atoms with Gasteiger partial charge >= 0.3 is 5.97 Å². The van der Waals surface area contributed by atoms with Crippen LogP contribution in [0.25, 0.3) is 0 Å². The van der Waals surface area contributed by atoms with Gasteiger partial charge in [-0.15, -0.1) is 0 Å². The lowest BCUT2D eigenvalue weighted by molar-refractivity contribution is -0.137. The van der Waals surface area contributed by atoms with Gasteiger partial charge in [-0.05, 0) is 17.7 Å². The van der Waals surface area contributed by atoms with Crippen LogP contribution in [-0.2, 0) is 16.1 Å². The molecule has 0 aliphatic heterocycles. The number of nitriles is 1. The van der Waals surface area contributed by atoms with E-state index in [0.29, 0.717) is 11.6 Å². The molecule has 0 radical (unpaired) electrons. The lowest BCUT2D eigenvalue weighted by Gasteiger charge is -2.04. The molecule has 3 N–H and O–H groups in total. The largest absolute Gasteiger partial charge is 0.480 e. The average Bonchev–Trinajstić information content (AvgIpc) is 2.41. The van der Waals surface area contributed by atoms with Crippen LogP contribution in [0.4, 0.5) is 0 Å². The second-order valence-electron chi connectivity index (χ2n) is 3.76. The van der Waals surface area contributed by atoms with Gasteiger partial charge in [0.15, 0.2) is 0 Å². The van der Waals surface area contributed by atoms with Gasteiger partial charge in [0.2, 0.25) is 0 Å². The molecule has 1 rings (SSSR count). The highest BCUT2D eigenvalue weighted by Gasteiger charge is 2.09. The zero-order valence-electron chi connectivity index (χ0n) is 10.4. The number of nitrogens with zero attached hydrogens (tertiary/aromatic N) is 1. The average molecular weight is 294 g/mol. The van der Waals surface area contributed by atoms with E-state index in [1.54, 1.807) is 24.3 Å². The van der Waals surface area contributed by atoms with E-state index < -0.39 is 18.4 Å². The van der Waals surface area contributed by atoms with Gasteiger partial charge in [-0.2, -0.15) is 5.26 Å². The first-order valence-corrected chi connectivity index (χ1v) is 5.99. The summed E-state index contributed by atoms with van der Waals surface area (Å²) in [6.07, 6.45) is 1.23. The molecule has 0 unspecified atom stereocenters. The predicted molar refractivity (Wildman–Crippen MR) is 72.6 cm³/mol. The fourth-order valence-corrected chi connectivity index (χ4v) is 1.53. The molecule has 104 valence electrons. The Bertz CT molecular complexity index is 578. The van der Waals surface area contributed by atoms with Gasteiger partial charge in [-0.3, -0.25) is 9.59 Å². The number of nitrogens with one attached hydrogen (secondary N) is 2. The number of amides is 1. The van der Waals surface area contributed by atoms with Crippen molar-refractivity contribution in [3.8, 4) is 6.07 Å². The normalized spacial score (nSPS) is 10.5. The molecule has 0 saturated carbocycles. The van der Waals surface area contributed by atoms with Crippen molar-refractivity contribution in [1.29, 1.82) is 5.26 Å². The van der Waals surface area contributed by atoms with Gasteiger partial charge in [-0.1, -0.05) is 23.7 Å². The fraction of sp³-hybridized carbons (Fsp3) is 0.154. The molecule has 0 heterocycles. The molecule has 1 aromatic carbocycles. The van der Waals surface area contributed by atoms with Crippen LogP contribution in [0, 0.1) is 11.3 Å². The van der Waals surface area contributed by atoms with E-state index in [-0.39, 0.29) is 5.57 Å². The summed E-state index contributed by atoms with van der Waals surface area (Å²) in [5, 5.41) is 22.7. The van der Waals surface area contributed by atoms with E-state index in [1.807, 2.05) is 6.07 Å². The van der Waals surface area contributed by atoms with Crippen molar-refractivity contribution >= 4 is 23.5 Å². The van der Waals surface area contributed by atoms with Crippen molar-refractivity contribution in [2.24, 2.45) is 0 Å². The van der Waals surface area contributed by atoms with Gasteiger partial charge in [-0.25, -0.2) is 0 Å². The highest BCUT2D eigenvalue weighted by Crippen LogP contribution is 2.10. The minimum atomic E-state index is -1.18. The third kappa shape index (κ3) is 5.42. The lowest BCUT2D eigenvalue weighted by Crippen LogP contribution is -2.30. The Hall–Kier alpha value is -2.52. The maximum Gasteiger partial charge on any atom is 0.322 e. The van der Waals surface area contributed by atoms with Crippen LogP contribution < -0.4 is 10.6 Å². The maximum atomic E-state index is 11.4. The number of hydrogen-bond acceptors (Lipinski definition) is 4. The van der Waals surface area contributed by atoms with E-state index in [4.69, 9.17) is 22.0 Å². The van der Waals surface area contributed by atoms with Gasteiger partial charge in [0.05, 0.1) is 0 Å². The number of halogens is 1. The van der Waals surface area contributed by atoms with Crippen molar-refractivity contribution in [1.82, 2.24) is 10.6 Å². The standard InChI is InChI=1S/C13H12ClN3O3/c14-11-3-1-2-9(4-11)6-16-7-10(5-15)13(20)17-8-12(18)19/h1-4,7,16H,6,8H2,(H,17,20)(H,18,19)/b10-7-. The van der Waals surface area contributed by atoms with E-state index in [2.05, 4.69) is 10.6 Å². The molecule has 0 aromatic heterocycles. The minimum Gasteiger partial charge on any atom is -0.480 e. The summed E-state index contributed by atoms with van der Waals surface area (Å²) in [6, 6.07) is 8.80. The van der Waals surface area contributed by atoms with Gasteiger partial charge in [0, 0.05) is 17.8 Å². The zero-order chi connectivity index (χ0) is 15.0. The van der Waals surface area contributed by atoms with Gasteiger partial charge in [0.25, 0.3) is 5.91 Å². The molecule has 0 aliphatic rings.